The van der Waals surface area contributed by atoms with E-state index < -0.39 is 0 Å². The molecule has 0 radical (unpaired) electrons. The lowest BCUT2D eigenvalue weighted by molar-refractivity contribution is 0.0691. The van der Waals surface area contributed by atoms with Crippen LogP contribution in [0.3, 0.4) is 0 Å². The quantitative estimate of drug-likeness (QED) is 0.933. The van der Waals surface area contributed by atoms with E-state index in [1.54, 1.807) is 16.8 Å². The van der Waals surface area contributed by atoms with Gasteiger partial charge in [0.2, 0.25) is 0 Å². The molecule has 0 spiro atoms. The summed E-state index contributed by atoms with van der Waals surface area (Å²) in [5.41, 5.74) is 1.93. The fourth-order valence-corrected chi connectivity index (χ4v) is 3.11. The highest BCUT2D eigenvalue weighted by molar-refractivity contribution is 6.30. The molecular formula is C16H20ClN5O. The Labute approximate surface area is 140 Å². The second kappa shape index (κ2) is 6.68. The van der Waals surface area contributed by atoms with Crippen LogP contribution in [0.2, 0.25) is 5.02 Å². The summed E-state index contributed by atoms with van der Waals surface area (Å²) in [5, 5.41) is 12.1. The molecule has 1 amide bonds. The van der Waals surface area contributed by atoms with Crippen molar-refractivity contribution in [3.8, 4) is 5.69 Å². The summed E-state index contributed by atoms with van der Waals surface area (Å²) in [6, 6.07) is 7.68. The molecule has 0 bridgehead atoms. The molecule has 1 N–H and O–H groups in total. The predicted octanol–water partition coefficient (Wildman–Crippen LogP) is 2.05. The summed E-state index contributed by atoms with van der Waals surface area (Å²) in [7, 11) is 1.93. The van der Waals surface area contributed by atoms with Gasteiger partial charge in [-0.1, -0.05) is 22.9 Å². The van der Waals surface area contributed by atoms with Gasteiger partial charge in [0.05, 0.1) is 11.4 Å². The molecule has 23 heavy (non-hydrogen) atoms. The molecule has 3 rings (SSSR count). The normalized spacial score (nSPS) is 18.2. The summed E-state index contributed by atoms with van der Waals surface area (Å²) < 4.78 is 1.65. The third-order valence-corrected chi connectivity index (χ3v) is 4.50. The molecule has 2 heterocycles. The average Bonchev–Trinajstić information content (AvgIpc) is 2.96. The van der Waals surface area contributed by atoms with Gasteiger partial charge in [-0.15, -0.1) is 5.10 Å². The Bertz CT molecular complexity index is 714. The molecule has 122 valence electrons. The van der Waals surface area contributed by atoms with Crippen molar-refractivity contribution in [1.82, 2.24) is 25.2 Å². The van der Waals surface area contributed by atoms with Gasteiger partial charge in [-0.3, -0.25) is 4.79 Å². The number of likely N-dealkylation sites (N-methyl/N-ethyl adjacent to an activating group) is 1. The van der Waals surface area contributed by atoms with E-state index in [1.165, 1.54) is 0 Å². The molecule has 1 atom stereocenters. The van der Waals surface area contributed by atoms with E-state index in [4.69, 9.17) is 11.6 Å². The van der Waals surface area contributed by atoms with Gasteiger partial charge < -0.3 is 10.2 Å². The number of piperidine rings is 1. The summed E-state index contributed by atoms with van der Waals surface area (Å²) in [4.78, 5) is 14.6. The number of carbonyl (C=O) groups is 1. The molecule has 7 heteroatoms. The van der Waals surface area contributed by atoms with Gasteiger partial charge in [-0.25, -0.2) is 4.68 Å². The standard InChI is InChI=1S/C16H20ClN5O/c1-11-15(16(23)21-8-4-6-13(10-21)18-2)19-20-22(11)14-7-3-5-12(17)9-14/h3,5,7,9,13,18H,4,6,8,10H2,1-2H3. The molecule has 0 aliphatic carbocycles. The number of amides is 1. The number of hydrogen-bond acceptors (Lipinski definition) is 4. The van der Waals surface area contributed by atoms with Crippen LogP contribution in [0.5, 0.6) is 0 Å². The number of halogens is 1. The van der Waals surface area contributed by atoms with Crippen LogP contribution in [0.4, 0.5) is 0 Å². The Hall–Kier alpha value is -1.92. The Balaban J connectivity index is 1.85. The molecule has 1 aromatic carbocycles. The second-order valence-corrected chi connectivity index (χ2v) is 6.23. The average molecular weight is 334 g/mol. The summed E-state index contributed by atoms with van der Waals surface area (Å²) in [5.74, 6) is -0.0595. The third kappa shape index (κ3) is 3.23. The maximum Gasteiger partial charge on any atom is 0.276 e. The van der Waals surface area contributed by atoms with Crippen molar-refractivity contribution in [2.24, 2.45) is 0 Å². The van der Waals surface area contributed by atoms with Crippen molar-refractivity contribution in [2.45, 2.75) is 25.8 Å². The SMILES string of the molecule is CNC1CCCN(C(=O)c2nnn(-c3cccc(Cl)c3)c2C)C1. The van der Waals surface area contributed by atoms with Crippen LogP contribution in [0.15, 0.2) is 24.3 Å². The fraction of sp³-hybridized carbons (Fsp3) is 0.438. The van der Waals surface area contributed by atoms with Gasteiger partial charge in [-0.05, 0) is 45.0 Å². The monoisotopic (exact) mass is 333 g/mol. The van der Waals surface area contributed by atoms with E-state index in [-0.39, 0.29) is 5.91 Å². The van der Waals surface area contributed by atoms with Crippen LogP contribution in [0.25, 0.3) is 5.69 Å². The van der Waals surface area contributed by atoms with Crippen molar-refractivity contribution in [2.75, 3.05) is 20.1 Å². The lowest BCUT2D eigenvalue weighted by Gasteiger charge is -2.32. The minimum atomic E-state index is -0.0595. The van der Waals surface area contributed by atoms with Gasteiger partial charge in [0.25, 0.3) is 5.91 Å². The zero-order valence-electron chi connectivity index (χ0n) is 13.3. The molecule has 1 fully saturated rings. The van der Waals surface area contributed by atoms with E-state index in [0.29, 0.717) is 23.3 Å². The Kier molecular flexibility index (Phi) is 4.63. The topological polar surface area (TPSA) is 63.1 Å². The smallest absolute Gasteiger partial charge is 0.276 e. The molecule has 2 aromatic rings. The van der Waals surface area contributed by atoms with Gasteiger partial charge in [-0.2, -0.15) is 0 Å². The lowest BCUT2D eigenvalue weighted by atomic mass is 10.1. The van der Waals surface area contributed by atoms with Gasteiger partial charge >= 0.3 is 0 Å². The Morgan fingerprint density at radius 1 is 1.43 bits per heavy atom. The maximum absolute atomic E-state index is 12.7. The molecule has 6 nitrogen and oxygen atoms in total. The Morgan fingerprint density at radius 2 is 2.26 bits per heavy atom. The number of benzene rings is 1. The van der Waals surface area contributed by atoms with Gasteiger partial charge in [0, 0.05) is 24.2 Å². The van der Waals surface area contributed by atoms with Crippen LogP contribution in [0.1, 0.15) is 29.0 Å². The number of rotatable bonds is 3. The zero-order chi connectivity index (χ0) is 16.4. The van der Waals surface area contributed by atoms with Crippen LogP contribution in [-0.4, -0.2) is 52.0 Å². The summed E-state index contributed by atoms with van der Waals surface area (Å²) in [6.45, 7) is 3.33. The first-order chi connectivity index (χ1) is 11.1. The number of hydrogen-bond donors (Lipinski definition) is 1. The first-order valence-corrected chi connectivity index (χ1v) is 8.12. The van der Waals surface area contributed by atoms with E-state index in [0.717, 1.165) is 30.8 Å². The molecule has 1 unspecified atom stereocenters. The second-order valence-electron chi connectivity index (χ2n) is 5.79. The molecule has 1 aromatic heterocycles. The predicted molar refractivity (Wildman–Crippen MR) is 89.1 cm³/mol. The minimum Gasteiger partial charge on any atom is -0.336 e. The van der Waals surface area contributed by atoms with Crippen LogP contribution < -0.4 is 5.32 Å². The van der Waals surface area contributed by atoms with Crippen molar-refractivity contribution in [1.29, 1.82) is 0 Å². The van der Waals surface area contributed by atoms with E-state index >= 15 is 0 Å². The number of aromatic nitrogens is 3. The molecule has 1 saturated heterocycles. The van der Waals surface area contributed by atoms with Crippen molar-refractivity contribution in [3.63, 3.8) is 0 Å². The van der Waals surface area contributed by atoms with Crippen LogP contribution >= 0.6 is 11.6 Å². The number of nitrogens with zero attached hydrogens (tertiary/aromatic N) is 4. The van der Waals surface area contributed by atoms with Crippen LogP contribution in [0, 0.1) is 6.92 Å². The van der Waals surface area contributed by atoms with Gasteiger partial charge in [0.1, 0.15) is 0 Å². The first kappa shape index (κ1) is 16.0. The number of carbonyl (C=O) groups excluding carboxylic acids is 1. The largest absolute Gasteiger partial charge is 0.336 e. The van der Waals surface area contributed by atoms with E-state index in [9.17, 15) is 4.79 Å². The third-order valence-electron chi connectivity index (χ3n) is 4.27. The van der Waals surface area contributed by atoms with Crippen molar-refractivity contribution in [3.05, 3.63) is 40.7 Å². The van der Waals surface area contributed by atoms with E-state index in [2.05, 4.69) is 15.6 Å². The van der Waals surface area contributed by atoms with Crippen molar-refractivity contribution >= 4 is 17.5 Å². The minimum absolute atomic E-state index is 0.0595. The van der Waals surface area contributed by atoms with E-state index in [1.807, 2.05) is 31.0 Å². The molecule has 1 aliphatic heterocycles. The highest BCUT2D eigenvalue weighted by Gasteiger charge is 2.27. The van der Waals surface area contributed by atoms with Gasteiger partial charge in [0.15, 0.2) is 5.69 Å². The zero-order valence-corrected chi connectivity index (χ0v) is 14.0. The fourth-order valence-electron chi connectivity index (χ4n) is 2.93. The number of nitrogens with one attached hydrogen (secondary N) is 1. The molecular weight excluding hydrogens is 314 g/mol. The Morgan fingerprint density at radius 3 is 3.00 bits per heavy atom. The molecule has 1 aliphatic rings. The van der Waals surface area contributed by atoms with Crippen molar-refractivity contribution < 1.29 is 4.79 Å². The highest BCUT2D eigenvalue weighted by Crippen LogP contribution is 2.19. The number of likely N-dealkylation sites (tertiary alicyclic amines) is 1. The molecule has 0 saturated carbocycles. The maximum atomic E-state index is 12.7. The first-order valence-electron chi connectivity index (χ1n) is 7.75. The lowest BCUT2D eigenvalue weighted by Crippen LogP contribution is -2.47. The van der Waals surface area contributed by atoms with Crippen LogP contribution in [-0.2, 0) is 0 Å². The summed E-state index contributed by atoms with van der Waals surface area (Å²) >= 11 is 6.03. The summed E-state index contributed by atoms with van der Waals surface area (Å²) in [6.07, 6.45) is 2.09. The highest BCUT2D eigenvalue weighted by atomic mass is 35.5.